The van der Waals surface area contributed by atoms with Crippen molar-refractivity contribution in [3.05, 3.63) is 60.8 Å². The van der Waals surface area contributed by atoms with Gasteiger partial charge in [0, 0.05) is 19.4 Å². The monoisotopic (exact) mass is 780 g/mol. The van der Waals surface area contributed by atoms with Gasteiger partial charge in [-0.25, -0.2) is 4.57 Å². The SMILES string of the molecule is CC/C=C\C/C=C\C/C=C\C/C=C\C/C=C\CCCC(=O)OC(COC(=O)CCCCCCCCCCCCCCCCCC)COP(=O)(O)OCCN. The Labute approximate surface area is 329 Å². The maximum Gasteiger partial charge on any atom is 0.472 e. The van der Waals surface area contributed by atoms with E-state index in [-0.39, 0.29) is 32.6 Å². The fourth-order valence-electron chi connectivity index (χ4n) is 5.55. The van der Waals surface area contributed by atoms with Crippen molar-refractivity contribution < 1.29 is 37.6 Å². The Hall–Kier alpha value is -2.29. The minimum absolute atomic E-state index is 0.0428. The normalized spacial score (nSPS) is 13.9. The number of hydrogen-bond donors (Lipinski definition) is 2. The zero-order chi connectivity index (χ0) is 39.6. The third-order valence-electron chi connectivity index (χ3n) is 8.67. The van der Waals surface area contributed by atoms with Crippen LogP contribution in [0.25, 0.3) is 0 Å². The molecule has 9 nitrogen and oxygen atoms in total. The number of phosphoric acid groups is 1. The van der Waals surface area contributed by atoms with Crippen molar-refractivity contribution in [3.63, 3.8) is 0 Å². The largest absolute Gasteiger partial charge is 0.472 e. The Bertz CT molecular complexity index is 1070. The minimum atomic E-state index is -4.39. The quantitative estimate of drug-likeness (QED) is 0.0270. The summed E-state index contributed by atoms with van der Waals surface area (Å²) in [7, 11) is -4.39. The van der Waals surface area contributed by atoms with Gasteiger partial charge in [0.25, 0.3) is 0 Å². The van der Waals surface area contributed by atoms with E-state index in [4.69, 9.17) is 24.3 Å². The Balaban J connectivity index is 4.26. The van der Waals surface area contributed by atoms with Crippen LogP contribution >= 0.6 is 7.82 Å². The molecule has 0 amide bonds. The van der Waals surface area contributed by atoms with Gasteiger partial charge in [-0.05, 0) is 51.4 Å². The van der Waals surface area contributed by atoms with Crippen LogP contribution in [0.1, 0.15) is 174 Å². The van der Waals surface area contributed by atoms with E-state index in [1.165, 1.54) is 83.5 Å². The van der Waals surface area contributed by atoms with Gasteiger partial charge in [0.05, 0.1) is 13.2 Å². The fourth-order valence-corrected chi connectivity index (χ4v) is 6.32. The molecule has 0 aromatic heterocycles. The highest BCUT2D eigenvalue weighted by atomic mass is 31.2. The molecule has 2 atom stereocenters. The van der Waals surface area contributed by atoms with Crippen molar-refractivity contribution >= 4 is 19.8 Å². The number of unbranched alkanes of at least 4 members (excludes halogenated alkanes) is 16. The Kier molecular flexibility index (Phi) is 38.7. The van der Waals surface area contributed by atoms with Gasteiger partial charge in [0.1, 0.15) is 6.61 Å². The van der Waals surface area contributed by atoms with Crippen LogP contribution in [-0.4, -0.2) is 49.3 Å². The first kappa shape index (κ1) is 51.7. The summed E-state index contributed by atoms with van der Waals surface area (Å²) in [5, 5.41) is 0. The van der Waals surface area contributed by atoms with E-state index < -0.39 is 32.5 Å². The molecule has 10 heteroatoms. The molecule has 0 fully saturated rings. The summed E-state index contributed by atoms with van der Waals surface area (Å²) < 4.78 is 32.7. The highest BCUT2D eigenvalue weighted by molar-refractivity contribution is 7.47. The second-order valence-corrected chi connectivity index (χ2v) is 15.3. The lowest BCUT2D eigenvalue weighted by atomic mass is 10.0. The van der Waals surface area contributed by atoms with E-state index in [0.29, 0.717) is 12.8 Å². The topological polar surface area (TPSA) is 134 Å². The molecule has 0 rings (SSSR count). The van der Waals surface area contributed by atoms with Gasteiger partial charge in [-0.15, -0.1) is 0 Å². The van der Waals surface area contributed by atoms with Gasteiger partial charge in [0.2, 0.25) is 0 Å². The van der Waals surface area contributed by atoms with E-state index in [1.54, 1.807) is 0 Å². The molecule has 0 saturated carbocycles. The number of allylic oxidation sites excluding steroid dienone is 10. The van der Waals surface area contributed by atoms with Crippen molar-refractivity contribution in [1.29, 1.82) is 0 Å². The molecule has 0 aliphatic heterocycles. The summed E-state index contributed by atoms with van der Waals surface area (Å²) >= 11 is 0. The maximum atomic E-state index is 12.5. The summed E-state index contributed by atoms with van der Waals surface area (Å²) in [5.74, 6) is -0.896. The number of carbonyl (C=O) groups excluding carboxylic acids is 2. The van der Waals surface area contributed by atoms with Gasteiger partial charge in [-0.1, -0.05) is 171 Å². The summed E-state index contributed by atoms with van der Waals surface area (Å²) in [6, 6.07) is 0. The number of nitrogens with two attached hydrogens (primary N) is 1. The lowest BCUT2D eigenvalue weighted by molar-refractivity contribution is -0.161. The van der Waals surface area contributed by atoms with Gasteiger partial charge < -0.3 is 20.1 Å². The second-order valence-electron chi connectivity index (χ2n) is 13.8. The predicted octanol–water partition coefficient (Wildman–Crippen LogP) is 12.1. The van der Waals surface area contributed by atoms with E-state index >= 15 is 0 Å². The Morgan fingerprint density at radius 2 is 1.02 bits per heavy atom. The van der Waals surface area contributed by atoms with Crippen molar-refractivity contribution in [1.82, 2.24) is 0 Å². The molecular formula is C44H78NO8P. The molecule has 0 aliphatic carbocycles. The van der Waals surface area contributed by atoms with E-state index in [2.05, 4.69) is 68.5 Å². The van der Waals surface area contributed by atoms with E-state index in [1.807, 2.05) is 6.08 Å². The molecule has 312 valence electrons. The van der Waals surface area contributed by atoms with Crippen molar-refractivity contribution in [2.24, 2.45) is 5.73 Å². The van der Waals surface area contributed by atoms with Crippen LogP contribution in [0.3, 0.4) is 0 Å². The standard InChI is InChI=1S/C44H78NO8P/c1-3-5-7-9-11-13-15-17-19-21-23-25-27-29-31-33-35-37-44(47)53-42(41-52-54(48,49)51-39-38-45)40-50-43(46)36-34-32-30-28-26-24-22-20-18-16-14-12-10-8-6-4-2/h5,7,11,13,17,19,23,25,29,31,42H,3-4,6,8-10,12,14-16,18,20-22,24,26-28,30,32-41,45H2,1-2H3,(H,48,49)/b7-5-,13-11-,19-17-,25-23-,31-29-. The number of esters is 2. The van der Waals surface area contributed by atoms with E-state index in [0.717, 1.165) is 51.4 Å². The van der Waals surface area contributed by atoms with Crippen LogP contribution in [0.5, 0.6) is 0 Å². The van der Waals surface area contributed by atoms with Gasteiger partial charge in [-0.3, -0.25) is 18.6 Å². The highest BCUT2D eigenvalue weighted by Gasteiger charge is 2.25. The molecule has 0 spiro atoms. The summed E-state index contributed by atoms with van der Waals surface area (Å²) in [5.41, 5.74) is 5.34. The minimum Gasteiger partial charge on any atom is -0.462 e. The van der Waals surface area contributed by atoms with Crippen molar-refractivity contribution in [3.8, 4) is 0 Å². The molecule has 0 aliphatic rings. The van der Waals surface area contributed by atoms with Crippen LogP contribution < -0.4 is 5.73 Å². The predicted molar refractivity (Wildman–Crippen MR) is 224 cm³/mol. The zero-order valence-electron chi connectivity index (χ0n) is 34.2. The number of hydrogen-bond acceptors (Lipinski definition) is 8. The average molecular weight is 780 g/mol. The van der Waals surface area contributed by atoms with Gasteiger partial charge in [-0.2, -0.15) is 0 Å². The van der Waals surface area contributed by atoms with Crippen LogP contribution in [0, 0.1) is 0 Å². The molecule has 54 heavy (non-hydrogen) atoms. The molecule has 0 saturated heterocycles. The second kappa shape index (κ2) is 40.4. The first-order valence-corrected chi connectivity index (χ1v) is 22.8. The fraction of sp³-hybridized carbons (Fsp3) is 0.727. The summed E-state index contributed by atoms with van der Waals surface area (Å²) in [6.45, 7) is 3.55. The van der Waals surface area contributed by atoms with Gasteiger partial charge in [0.15, 0.2) is 6.10 Å². The van der Waals surface area contributed by atoms with Crippen LogP contribution in [0.2, 0.25) is 0 Å². The Morgan fingerprint density at radius 1 is 0.574 bits per heavy atom. The number of rotatable bonds is 39. The first-order valence-electron chi connectivity index (χ1n) is 21.3. The number of ether oxygens (including phenoxy) is 2. The molecule has 2 unspecified atom stereocenters. The van der Waals surface area contributed by atoms with Gasteiger partial charge >= 0.3 is 19.8 Å². The lowest BCUT2D eigenvalue weighted by Crippen LogP contribution is -2.29. The first-order chi connectivity index (χ1) is 26.3. The lowest BCUT2D eigenvalue weighted by Gasteiger charge is -2.19. The molecule has 0 heterocycles. The third-order valence-corrected chi connectivity index (χ3v) is 9.65. The summed E-state index contributed by atoms with van der Waals surface area (Å²) in [4.78, 5) is 34.8. The maximum absolute atomic E-state index is 12.5. The molecule has 0 bridgehead atoms. The molecule has 0 radical (unpaired) electrons. The smallest absolute Gasteiger partial charge is 0.462 e. The van der Waals surface area contributed by atoms with Crippen LogP contribution in [0.15, 0.2) is 60.8 Å². The highest BCUT2D eigenvalue weighted by Crippen LogP contribution is 2.43. The van der Waals surface area contributed by atoms with E-state index in [9.17, 15) is 19.0 Å². The number of phosphoric ester groups is 1. The summed E-state index contributed by atoms with van der Waals surface area (Å²) in [6.07, 6.45) is 46.9. The Morgan fingerprint density at radius 3 is 1.50 bits per heavy atom. The average Bonchev–Trinajstić information content (AvgIpc) is 3.16. The third kappa shape index (κ3) is 39.4. The molecule has 0 aromatic rings. The molecule has 3 N–H and O–H groups in total. The molecular weight excluding hydrogens is 701 g/mol. The van der Waals surface area contributed by atoms with Crippen molar-refractivity contribution in [2.45, 2.75) is 180 Å². The van der Waals surface area contributed by atoms with Crippen LogP contribution in [0.4, 0.5) is 0 Å². The molecule has 0 aromatic carbocycles. The van der Waals surface area contributed by atoms with Crippen molar-refractivity contribution in [2.75, 3.05) is 26.4 Å². The zero-order valence-corrected chi connectivity index (χ0v) is 35.1. The van der Waals surface area contributed by atoms with Crippen LogP contribution in [-0.2, 0) is 32.7 Å². The number of carbonyl (C=O) groups is 2.